The lowest BCUT2D eigenvalue weighted by Gasteiger charge is -1.87. The van der Waals surface area contributed by atoms with Gasteiger partial charge in [0.05, 0.1) is 13.7 Å². The summed E-state index contributed by atoms with van der Waals surface area (Å²) in [5.41, 5.74) is 4.81. The average Bonchev–Trinajstić information content (AvgIpc) is 1.85. The number of hydrogen-bond donors (Lipinski definition) is 1. The topological polar surface area (TPSA) is 52.3 Å². The molecule has 0 aromatic heterocycles. The molecule has 0 saturated heterocycles. The van der Waals surface area contributed by atoms with E-state index >= 15 is 0 Å². The minimum absolute atomic E-state index is 0.0312. The molecule has 0 heterocycles. The van der Waals surface area contributed by atoms with Crippen LogP contribution >= 0.6 is 0 Å². The van der Waals surface area contributed by atoms with Gasteiger partial charge in [0.15, 0.2) is 0 Å². The van der Waals surface area contributed by atoms with Gasteiger partial charge in [-0.1, -0.05) is 20.8 Å². The summed E-state index contributed by atoms with van der Waals surface area (Å²) in [4.78, 5) is 9.83. The predicted octanol–water partition coefficient (Wildman–Crippen LogP) is 0.780. The first kappa shape index (κ1) is 12.1. The van der Waals surface area contributed by atoms with E-state index in [1.807, 2.05) is 0 Å². The van der Waals surface area contributed by atoms with Gasteiger partial charge < -0.3 is 10.5 Å². The first-order chi connectivity index (χ1) is 4.54. The van der Waals surface area contributed by atoms with E-state index in [4.69, 9.17) is 5.73 Å². The molecule has 10 heavy (non-hydrogen) atoms. The SMILES string of the molecule is CC(C)C.COC(=O)CN. The van der Waals surface area contributed by atoms with Gasteiger partial charge in [0.1, 0.15) is 0 Å². The van der Waals surface area contributed by atoms with E-state index in [-0.39, 0.29) is 12.5 Å². The van der Waals surface area contributed by atoms with Crippen LogP contribution in [0.25, 0.3) is 0 Å². The molecule has 0 aromatic rings. The summed E-state index contributed by atoms with van der Waals surface area (Å²) in [6.07, 6.45) is 0. The monoisotopic (exact) mass is 147 g/mol. The second kappa shape index (κ2) is 8.43. The molecule has 0 fully saturated rings. The Morgan fingerprint density at radius 2 is 1.80 bits per heavy atom. The first-order valence-corrected chi connectivity index (χ1v) is 3.31. The zero-order valence-electron chi connectivity index (χ0n) is 7.18. The summed E-state index contributed by atoms with van der Waals surface area (Å²) in [7, 11) is 1.30. The van der Waals surface area contributed by atoms with Gasteiger partial charge in [-0.25, -0.2) is 0 Å². The van der Waals surface area contributed by atoms with Crippen molar-refractivity contribution >= 4 is 5.97 Å². The smallest absolute Gasteiger partial charge is 0.319 e. The molecule has 0 unspecified atom stereocenters. The number of ether oxygens (including phenoxy) is 1. The maximum Gasteiger partial charge on any atom is 0.319 e. The highest BCUT2D eigenvalue weighted by Gasteiger charge is 1.87. The highest BCUT2D eigenvalue weighted by atomic mass is 16.5. The fourth-order valence-electron chi connectivity index (χ4n) is 0.0833. The average molecular weight is 147 g/mol. The van der Waals surface area contributed by atoms with Gasteiger partial charge in [-0.3, -0.25) is 4.79 Å². The Balaban J connectivity index is 0. The highest BCUT2D eigenvalue weighted by molar-refractivity contribution is 5.70. The van der Waals surface area contributed by atoms with Crippen LogP contribution in [-0.4, -0.2) is 19.6 Å². The number of carbonyl (C=O) groups excluding carboxylic acids is 1. The Bertz CT molecular complexity index is 72.9. The van der Waals surface area contributed by atoms with Crippen molar-refractivity contribution in [1.82, 2.24) is 0 Å². The standard InChI is InChI=1S/C4H10.C3H7NO2/c1-4(2)3;1-6-3(5)2-4/h4H,1-3H3;2,4H2,1H3. The maximum absolute atomic E-state index is 9.83. The predicted molar refractivity (Wildman–Crippen MR) is 41.6 cm³/mol. The lowest BCUT2D eigenvalue weighted by Crippen LogP contribution is -2.14. The molecule has 0 aromatic carbocycles. The lowest BCUT2D eigenvalue weighted by atomic mass is 10.3. The molecule has 0 spiro atoms. The van der Waals surface area contributed by atoms with Crippen LogP contribution in [0.5, 0.6) is 0 Å². The van der Waals surface area contributed by atoms with Gasteiger partial charge in [-0.15, -0.1) is 0 Å². The van der Waals surface area contributed by atoms with Crippen LogP contribution < -0.4 is 5.73 Å². The Labute approximate surface area is 62.5 Å². The summed E-state index contributed by atoms with van der Waals surface area (Å²) in [6.45, 7) is 6.47. The van der Waals surface area contributed by atoms with E-state index < -0.39 is 0 Å². The van der Waals surface area contributed by atoms with Crippen LogP contribution in [0.1, 0.15) is 20.8 Å². The van der Waals surface area contributed by atoms with Gasteiger partial charge in [-0.2, -0.15) is 0 Å². The second-order valence-electron chi connectivity index (χ2n) is 2.51. The second-order valence-corrected chi connectivity index (χ2v) is 2.51. The van der Waals surface area contributed by atoms with Crippen LogP contribution in [0.3, 0.4) is 0 Å². The molecule has 3 nitrogen and oxygen atoms in total. The van der Waals surface area contributed by atoms with E-state index in [0.717, 1.165) is 5.92 Å². The van der Waals surface area contributed by atoms with Crippen molar-refractivity contribution in [3.63, 3.8) is 0 Å². The van der Waals surface area contributed by atoms with Crippen molar-refractivity contribution in [2.24, 2.45) is 11.7 Å². The van der Waals surface area contributed by atoms with Gasteiger partial charge in [0.2, 0.25) is 0 Å². The molecule has 0 rings (SSSR count). The number of rotatable bonds is 1. The fourth-order valence-corrected chi connectivity index (χ4v) is 0.0833. The van der Waals surface area contributed by atoms with Crippen molar-refractivity contribution in [2.75, 3.05) is 13.7 Å². The third-order valence-corrected chi connectivity index (χ3v) is 0.394. The van der Waals surface area contributed by atoms with E-state index in [1.165, 1.54) is 7.11 Å². The van der Waals surface area contributed by atoms with Crippen LogP contribution in [0, 0.1) is 5.92 Å². The van der Waals surface area contributed by atoms with Gasteiger partial charge in [-0.05, 0) is 5.92 Å². The summed E-state index contributed by atoms with van der Waals surface area (Å²) in [6, 6.07) is 0. The molecule has 0 saturated carbocycles. The van der Waals surface area contributed by atoms with Crippen LogP contribution in [0.15, 0.2) is 0 Å². The Kier molecular flexibility index (Phi) is 10.2. The van der Waals surface area contributed by atoms with Crippen LogP contribution in [0.4, 0.5) is 0 Å². The molecule has 3 heteroatoms. The number of carbonyl (C=O) groups is 1. The van der Waals surface area contributed by atoms with Crippen LogP contribution in [0.2, 0.25) is 0 Å². The Morgan fingerprint density at radius 1 is 1.50 bits per heavy atom. The molecule has 2 N–H and O–H groups in total. The summed E-state index contributed by atoms with van der Waals surface area (Å²) in [5.74, 6) is 0.454. The largest absolute Gasteiger partial charge is 0.468 e. The first-order valence-electron chi connectivity index (χ1n) is 3.31. The normalized spacial score (nSPS) is 8.20. The lowest BCUT2D eigenvalue weighted by molar-refractivity contribution is -0.138. The molecule has 0 bridgehead atoms. The number of esters is 1. The molecule has 0 amide bonds. The fraction of sp³-hybridized carbons (Fsp3) is 0.857. The van der Waals surface area contributed by atoms with Crippen molar-refractivity contribution in [2.45, 2.75) is 20.8 Å². The zero-order chi connectivity index (χ0) is 8.57. The third-order valence-electron chi connectivity index (χ3n) is 0.394. The summed E-state index contributed by atoms with van der Waals surface area (Å²) in [5, 5.41) is 0. The van der Waals surface area contributed by atoms with Crippen molar-refractivity contribution in [3.05, 3.63) is 0 Å². The van der Waals surface area contributed by atoms with E-state index in [9.17, 15) is 4.79 Å². The molecule has 0 aliphatic rings. The minimum Gasteiger partial charge on any atom is -0.468 e. The number of nitrogens with two attached hydrogens (primary N) is 1. The maximum atomic E-state index is 9.83. The van der Waals surface area contributed by atoms with Crippen LogP contribution in [-0.2, 0) is 9.53 Å². The molecule has 62 valence electrons. The third kappa shape index (κ3) is 26.1. The number of methoxy groups -OCH3 is 1. The highest BCUT2D eigenvalue weighted by Crippen LogP contribution is 1.81. The van der Waals surface area contributed by atoms with Gasteiger partial charge in [0, 0.05) is 0 Å². The molecule has 0 radical (unpaired) electrons. The number of hydrogen-bond acceptors (Lipinski definition) is 3. The van der Waals surface area contributed by atoms with Gasteiger partial charge in [0.25, 0.3) is 0 Å². The molecular formula is C7H17NO2. The summed E-state index contributed by atoms with van der Waals surface area (Å²) >= 11 is 0. The Morgan fingerprint density at radius 3 is 1.80 bits per heavy atom. The van der Waals surface area contributed by atoms with Crippen molar-refractivity contribution < 1.29 is 9.53 Å². The minimum atomic E-state index is -0.380. The Hall–Kier alpha value is -0.570. The molecule has 0 aliphatic carbocycles. The van der Waals surface area contributed by atoms with Crippen molar-refractivity contribution in [1.29, 1.82) is 0 Å². The van der Waals surface area contributed by atoms with E-state index in [1.54, 1.807) is 0 Å². The van der Waals surface area contributed by atoms with Crippen molar-refractivity contribution in [3.8, 4) is 0 Å². The molecule has 0 atom stereocenters. The molecule has 0 aliphatic heterocycles. The van der Waals surface area contributed by atoms with Gasteiger partial charge >= 0.3 is 5.97 Å². The van der Waals surface area contributed by atoms with E-state index in [0.29, 0.717) is 0 Å². The summed E-state index contributed by atoms with van der Waals surface area (Å²) < 4.78 is 4.14. The quantitative estimate of drug-likeness (QED) is 0.558. The molecular weight excluding hydrogens is 130 g/mol. The van der Waals surface area contributed by atoms with E-state index in [2.05, 4.69) is 25.5 Å². The zero-order valence-corrected chi connectivity index (χ0v) is 7.18.